The first-order chi connectivity index (χ1) is 13.4. The molecule has 0 saturated heterocycles. The van der Waals surface area contributed by atoms with Crippen molar-refractivity contribution in [1.29, 1.82) is 0 Å². The summed E-state index contributed by atoms with van der Waals surface area (Å²) in [5.41, 5.74) is -2.80. The molecule has 0 radical (unpaired) electrons. The first-order valence-electron chi connectivity index (χ1n) is 10.6. The average Bonchev–Trinajstić information content (AvgIpc) is 3.48. The van der Waals surface area contributed by atoms with Crippen LogP contribution in [0, 0.1) is 57.2 Å². The predicted octanol–water partition coefficient (Wildman–Crippen LogP) is 1.55. The van der Waals surface area contributed by atoms with Crippen molar-refractivity contribution in [2.24, 2.45) is 57.2 Å². The summed E-state index contributed by atoms with van der Waals surface area (Å²) >= 11 is 0. The Hall–Kier alpha value is -1.72. The quantitative estimate of drug-likeness (QED) is 0.672. The number of carbonyl (C=O) groups is 4. The summed E-state index contributed by atoms with van der Waals surface area (Å²) in [5, 5.41) is 0. The van der Waals surface area contributed by atoms with Crippen molar-refractivity contribution in [3.05, 3.63) is 0 Å². The number of ketones is 2. The van der Waals surface area contributed by atoms with Gasteiger partial charge in [-0.05, 0) is 61.2 Å². The van der Waals surface area contributed by atoms with E-state index in [2.05, 4.69) is 0 Å². The SMILES string of the molecule is COC(=O)C12C3CC4(CCC4=O)C4C3C3C(CC5(CCC5=O)C31)C42C(=O)OC. The molecule has 10 unspecified atom stereocenters. The summed E-state index contributed by atoms with van der Waals surface area (Å²) in [6.07, 6.45) is 4.21. The van der Waals surface area contributed by atoms with Crippen molar-refractivity contribution in [1.82, 2.24) is 0 Å². The van der Waals surface area contributed by atoms with Crippen LogP contribution in [0.4, 0.5) is 0 Å². The Labute approximate surface area is 162 Å². The van der Waals surface area contributed by atoms with Crippen molar-refractivity contribution in [2.45, 2.75) is 38.5 Å². The molecule has 8 aliphatic carbocycles. The Morgan fingerprint density at radius 2 is 1.18 bits per heavy atom. The molecule has 8 aliphatic rings. The van der Waals surface area contributed by atoms with Crippen molar-refractivity contribution < 1.29 is 28.7 Å². The van der Waals surface area contributed by atoms with Gasteiger partial charge >= 0.3 is 11.9 Å². The standard InChI is InChI=1S/C22H24O6/c1-27-17(25)21-9-7-20(6-4-12(20)24)16-13(9)14-10(22(16,21)18(26)28-2)8-19(15(14)21)5-3-11(19)23/h9-10,13-16H,3-8H2,1-2H3. The Bertz CT molecular complexity index is 850. The lowest BCUT2D eigenvalue weighted by Gasteiger charge is -2.63. The van der Waals surface area contributed by atoms with Crippen LogP contribution in [0.15, 0.2) is 0 Å². The highest BCUT2D eigenvalue weighted by molar-refractivity contribution is 6.02. The Kier molecular flexibility index (Phi) is 2.36. The topological polar surface area (TPSA) is 86.7 Å². The second-order valence-electron chi connectivity index (χ2n) is 10.6. The van der Waals surface area contributed by atoms with E-state index in [1.165, 1.54) is 14.2 Å². The summed E-state index contributed by atoms with van der Waals surface area (Å²) in [6, 6.07) is 0. The molecule has 0 N–H and O–H groups in total. The molecule has 0 heterocycles. The summed E-state index contributed by atoms with van der Waals surface area (Å²) in [5.74, 6) is 0.00431. The maximum Gasteiger partial charge on any atom is 0.313 e. The summed E-state index contributed by atoms with van der Waals surface area (Å²) < 4.78 is 10.8. The third-order valence-corrected chi connectivity index (χ3v) is 11.1. The van der Waals surface area contributed by atoms with Crippen molar-refractivity contribution in [3.63, 3.8) is 0 Å². The van der Waals surface area contributed by atoms with E-state index in [1.54, 1.807) is 0 Å². The fraction of sp³-hybridized carbons (Fsp3) is 0.818. The second kappa shape index (κ2) is 4.10. The van der Waals surface area contributed by atoms with E-state index in [-0.39, 0.29) is 59.0 Å². The lowest BCUT2D eigenvalue weighted by Crippen LogP contribution is -2.70. The molecule has 28 heavy (non-hydrogen) atoms. The monoisotopic (exact) mass is 384 g/mol. The zero-order chi connectivity index (χ0) is 19.4. The molecule has 8 saturated carbocycles. The van der Waals surface area contributed by atoms with Crippen LogP contribution in [-0.2, 0) is 28.7 Å². The molecule has 6 heteroatoms. The maximum absolute atomic E-state index is 13.5. The molecule has 8 rings (SSSR count). The van der Waals surface area contributed by atoms with Gasteiger partial charge in [-0.1, -0.05) is 0 Å². The number of ether oxygens (including phenoxy) is 2. The number of methoxy groups -OCH3 is 2. The molecule has 10 atom stereocenters. The van der Waals surface area contributed by atoms with E-state index in [1.807, 2.05) is 0 Å². The molecule has 2 spiro atoms. The van der Waals surface area contributed by atoms with Gasteiger partial charge in [0.25, 0.3) is 0 Å². The molecule has 0 amide bonds. The summed E-state index contributed by atoms with van der Waals surface area (Å²) in [7, 11) is 2.79. The molecule has 0 aromatic rings. The zero-order valence-corrected chi connectivity index (χ0v) is 16.2. The number of rotatable bonds is 2. The van der Waals surface area contributed by atoms with E-state index in [9.17, 15) is 19.2 Å². The number of hydrogen-bond acceptors (Lipinski definition) is 6. The minimum atomic E-state index is -0.963. The molecular weight excluding hydrogens is 360 g/mol. The highest BCUT2D eigenvalue weighted by Crippen LogP contribution is 2.99. The van der Waals surface area contributed by atoms with E-state index < -0.39 is 21.7 Å². The maximum atomic E-state index is 13.5. The van der Waals surface area contributed by atoms with E-state index in [4.69, 9.17) is 9.47 Å². The van der Waals surface area contributed by atoms with Gasteiger partial charge in [0.15, 0.2) is 0 Å². The van der Waals surface area contributed by atoms with E-state index in [0.717, 1.165) is 12.8 Å². The van der Waals surface area contributed by atoms with Gasteiger partial charge in [0.2, 0.25) is 0 Å². The predicted molar refractivity (Wildman–Crippen MR) is 92.4 cm³/mol. The van der Waals surface area contributed by atoms with Crippen molar-refractivity contribution in [2.75, 3.05) is 14.2 Å². The Balaban J connectivity index is 1.53. The van der Waals surface area contributed by atoms with Crippen LogP contribution in [0.25, 0.3) is 0 Å². The van der Waals surface area contributed by atoms with Gasteiger partial charge in [-0.2, -0.15) is 0 Å². The van der Waals surface area contributed by atoms with Crippen molar-refractivity contribution in [3.8, 4) is 0 Å². The third-order valence-electron chi connectivity index (χ3n) is 11.1. The van der Waals surface area contributed by atoms with Gasteiger partial charge in [0.05, 0.1) is 25.0 Å². The lowest BCUT2D eigenvalue weighted by molar-refractivity contribution is -0.221. The minimum absolute atomic E-state index is 0.0230. The number of carbonyl (C=O) groups excluding carboxylic acids is 4. The molecule has 6 nitrogen and oxygen atoms in total. The van der Waals surface area contributed by atoms with Crippen molar-refractivity contribution >= 4 is 23.5 Å². The van der Waals surface area contributed by atoms with Crippen LogP contribution < -0.4 is 0 Å². The van der Waals surface area contributed by atoms with Gasteiger partial charge in [-0.25, -0.2) is 0 Å². The second-order valence-corrected chi connectivity index (χ2v) is 10.6. The Morgan fingerprint density at radius 1 is 0.786 bits per heavy atom. The zero-order valence-electron chi connectivity index (χ0n) is 16.2. The molecule has 0 aliphatic heterocycles. The van der Waals surface area contributed by atoms with Crippen LogP contribution in [0.1, 0.15) is 38.5 Å². The lowest BCUT2D eigenvalue weighted by atomic mass is 9.37. The van der Waals surface area contributed by atoms with Crippen LogP contribution in [0.5, 0.6) is 0 Å². The largest absolute Gasteiger partial charge is 0.469 e. The fourth-order valence-corrected chi connectivity index (χ4v) is 10.9. The molecule has 0 aromatic carbocycles. The number of hydrogen-bond donors (Lipinski definition) is 0. The van der Waals surface area contributed by atoms with E-state index in [0.29, 0.717) is 25.7 Å². The Morgan fingerprint density at radius 3 is 1.43 bits per heavy atom. The number of Topliss-reactive ketones (excluding diaryl/α,β-unsaturated/α-hetero) is 2. The summed E-state index contributed by atoms with van der Waals surface area (Å²) in [6.45, 7) is 0. The van der Waals surface area contributed by atoms with Gasteiger partial charge < -0.3 is 9.47 Å². The van der Waals surface area contributed by atoms with Gasteiger partial charge in [-0.3, -0.25) is 19.2 Å². The summed E-state index contributed by atoms with van der Waals surface area (Å²) in [4.78, 5) is 52.7. The minimum Gasteiger partial charge on any atom is -0.469 e. The van der Waals surface area contributed by atoms with Gasteiger partial charge in [-0.15, -0.1) is 0 Å². The van der Waals surface area contributed by atoms with Gasteiger partial charge in [0.1, 0.15) is 11.6 Å². The first-order valence-corrected chi connectivity index (χ1v) is 10.6. The average molecular weight is 384 g/mol. The normalized spacial score (nSPS) is 60.6. The van der Waals surface area contributed by atoms with Crippen LogP contribution in [0.2, 0.25) is 0 Å². The molecule has 8 fully saturated rings. The molecule has 8 bridgehead atoms. The smallest absolute Gasteiger partial charge is 0.313 e. The van der Waals surface area contributed by atoms with Crippen LogP contribution in [0.3, 0.4) is 0 Å². The van der Waals surface area contributed by atoms with Crippen LogP contribution in [-0.4, -0.2) is 37.7 Å². The highest BCUT2D eigenvalue weighted by atomic mass is 16.5. The van der Waals surface area contributed by atoms with Gasteiger partial charge in [0, 0.05) is 23.7 Å². The fourth-order valence-electron chi connectivity index (χ4n) is 10.9. The molecule has 0 aromatic heterocycles. The first kappa shape index (κ1) is 16.1. The van der Waals surface area contributed by atoms with E-state index >= 15 is 0 Å². The number of esters is 2. The van der Waals surface area contributed by atoms with Crippen LogP contribution >= 0.6 is 0 Å². The highest BCUT2D eigenvalue weighted by Gasteiger charge is 3.02. The third kappa shape index (κ3) is 1.03. The molecule has 148 valence electrons. The molecular formula is C22H24O6.